The number of sulfonamides is 1. The summed E-state index contributed by atoms with van der Waals surface area (Å²) >= 11 is 0. The number of hydrogen-bond donors (Lipinski definition) is 1. The molecule has 1 atom stereocenters. The Balaban J connectivity index is 1.51. The van der Waals surface area contributed by atoms with Crippen LogP contribution in [0.2, 0.25) is 0 Å². The predicted octanol–water partition coefficient (Wildman–Crippen LogP) is 2.66. The van der Waals surface area contributed by atoms with Crippen molar-refractivity contribution in [2.45, 2.75) is 37.2 Å². The molecular weight excluding hydrogens is 376 g/mol. The van der Waals surface area contributed by atoms with Gasteiger partial charge in [-0.15, -0.1) is 0 Å². The quantitative estimate of drug-likeness (QED) is 0.837. The Morgan fingerprint density at radius 1 is 1.21 bits per heavy atom. The number of carbonyl (C=O) groups excluding carboxylic acids is 1. The molecule has 0 unspecified atom stereocenters. The molecule has 2 aromatic rings. The van der Waals surface area contributed by atoms with Crippen LogP contribution >= 0.6 is 0 Å². The lowest BCUT2D eigenvalue weighted by atomic mass is 10.1. The zero-order valence-corrected chi connectivity index (χ0v) is 16.7. The molecule has 4 rings (SSSR count). The fourth-order valence-electron chi connectivity index (χ4n) is 3.71. The Bertz CT molecular complexity index is 980. The molecule has 1 saturated heterocycles. The summed E-state index contributed by atoms with van der Waals surface area (Å²) in [5.74, 6) is -0.154. The van der Waals surface area contributed by atoms with E-state index in [1.165, 1.54) is 4.31 Å². The number of rotatable bonds is 5. The molecule has 148 valence electrons. The van der Waals surface area contributed by atoms with E-state index in [1.54, 1.807) is 42.5 Å². The third-order valence-electron chi connectivity index (χ3n) is 5.32. The smallest absolute Gasteiger partial charge is 0.264 e. The van der Waals surface area contributed by atoms with Crippen LogP contribution in [0.4, 0.5) is 5.69 Å². The summed E-state index contributed by atoms with van der Waals surface area (Å²) in [6, 6.07) is 12.1. The van der Waals surface area contributed by atoms with E-state index >= 15 is 0 Å². The number of aryl methyl sites for hydroxylation is 1. The van der Waals surface area contributed by atoms with Gasteiger partial charge in [0.05, 0.1) is 16.7 Å². The van der Waals surface area contributed by atoms with Crippen molar-refractivity contribution in [2.24, 2.45) is 0 Å². The van der Waals surface area contributed by atoms with E-state index in [4.69, 9.17) is 4.74 Å². The number of benzene rings is 2. The molecule has 1 amide bonds. The van der Waals surface area contributed by atoms with Crippen LogP contribution in [0.1, 0.15) is 34.3 Å². The SMILES string of the molecule is Cc1ccc(S(=O)(=O)N2CCc3cc(C(=O)NC[C@H]4CCCO4)ccc32)cc1. The number of amides is 1. The molecule has 2 heterocycles. The molecule has 1 fully saturated rings. The van der Waals surface area contributed by atoms with Crippen LogP contribution in [0.5, 0.6) is 0 Å². The van der Waals surface area contributed by atoms with Gasteiger partial charge in [0.25, 0.3) is 15.9 Å². The molecule has 0 radical (unpaired) electrons. The van der Waals surface area contributed by atoms with Crippen LogP contribution in [0, 0.1) is 6.92 Å². The van der Waals surface area contributed by atoms with Gasteiger partial charge in [0, 0.05) is 25.3 Å². The summed E-state index contributed by atoms with van der Waals surface area (Å²) in [4.78, 5) is 12.7. The second-order valence-corrected chi connectivity index (χ2v) is 9.19. The molecule has 0 spiro atoms. The van der Waals surface area contributed by atoms with Gasteiger partial charge in [0.1, 0.15) is 0 Å². The summed E-state index contributed by atoms with van der Waals surface area (Å²) in [7, 11) is -3.61. The third-order valence-corrected chi connectivity index (χ3v) is 7.15. The van der Waals surface area contributed by atoms with Crippen LogP contribution in [-0.2, 0) is 21.2 Å². The van der Waals surface area contributed by atoms with Gasteiger partial charge >= 0.3 is 0 Å². The van der Waals surface area contributed by atoms with Crippen molar-refractivity contribution in [1.82, 2.24) is 5.32 Å². The maximum absolute atomic E-state index is 13.0. The molecular formula is C21H24N2O4S. The van der Waals surface area contributed by atoms with Crippen molar-refractivity contribution in [3.63, 3.8) is 0 Å². The lowest BCUT2D eigenvalue weighted by Gasteiger charge is -2.20. The Kier molecular flexibility index (Phi) is 5.12. The number of anilines is 1. The molecule has 1 N–H and O–H groups in total. The highest BCUT2D eigenvalue weighted by molar-refractivity contribution is 7.92. The van der Waals surface area contributed by atoms with Gasteiger partial charge in [-0.2, -0.15) is 0 Å². The van der Waals surface area contributed by atoms with Crippen LogP contribution in [-0.4, -0.2) is 40.1 Å². The van der Waals surface area contributed by atoms with Crippen molar-refractivity contribution < 1.29 is 17.9 Å². The monoisotopic (exact) mass is 400 g/mol. The van der Waals surface area contributed by atoms with Crippen molar-refractivity contribution >= 4 is 21.6 Å². The van der Waals surface area contributed by atoms with Crippen LogP contribution < -0.4 is 9.62 Å². The molecule has 2 aliphatic rings. The first-order chi connectivity index (χ1) is 13.4. The molecule has 0 aromatic heterocycles. The van der Waals surface area contributed by atoms with Gasteiger partial charge < -0.3 is 10.1 Å². The first kappa shape index (κ1) is 19.0. The average molecular weight is 401 g/mol. The van der Waals surface area contributed by atoms with Crippen LogP contribution in [0.25, 0.3) is 0 Å². The van der Waals surface area contributed by atoms with Gasteiger partial charge in [0.15, 0.2) is 0 Å². The summed E-state index contributed by atoms with van der Waals surface area (Å²) in [6.45, 7) is 3.56. The zero-order chi connectivity index (χ0) is 19.7. The first-order valence-corrected chi connectivity index (χ1v) is 11.0. The molecule has 2 aliphatic heterocycles. The molecule has 6 nitrogen and oxygen atoms in total. The number of hydrogen-bond acceptors (Lipinski definition) is 4. The minimum absolute atomic E-state index is 0.0912. The summed E-state index contributed by atoms with van der Waals surface area (Å²) in [5, 5.41) is 2.91. The molecule has 2 aromatic carbocycles. The minimum Gasteiger partial charge on any atom is -0.376 e. The molecule has 0 aliphatic carbocycles. The second-order valence-electron chi connectivity index (χ2n) is 7.33. The number of fused-ring (bicyclic) bond motifs is 1. The van der Waals surface area contributed by atoms with Crippen LogP contribution in [0.3, 0.4) is 0 Å². The van der Waals surface area contributed by atoms with E-state index in [0.29, 0.717) is 30.8 Å². The highest BCUT2D eigenvalue weighted by Crippen LogP contribution is 2.33. The van der Waals surface area contributed by atoms with E-state index in [0.717, 1.165) is 30.6 Å². The number of nitrogens with zero attached hydrogens (tertiary/aromatic N) is 1. The van der Waals surface area contributed by atoms with E-state index in [2.05, 4.69) is 5.32 Å². The fourth-order valence-corrected chi connectivity index (χ4v) is 5.22. The highest BCUT2D eigenvalue weighted by atomic mass is 32.2. The third kappa shape index (κ3) is 3.64. The van der Waals surface area contributed by atoms with Gasteiger partial charge in [0.2, 0.25) is 0 Å². The second kappa shape index (κ2) is 7.56. The summed E-state index contributed by atoms with van der Waals surface area (Å²) in [5.41, 5.74) is 3.09. The molecule has 0 bridgehead atoms. The normalized spacial score (nSPS) is 18.9. The lowest BCUT2D eigenvalue weighted by Crippen LogP contribution is -2.31. The molecule has 7 heteroatoms. The maximum atomic E-state index is 13.0. The van der Waals surface area contributed by atoms with Gasteiger partial charge in [-0.25, -0.2) is 8.42 Å². The van der Waals surface area contributed by atoms with E-state index in [-0.39, 0.29) is 16.9 Å². The number of nitrogens with one attached hydrogen (secondary N) is 1. The zero-order valence-electron chi connectivity index (χ0n) is 15.8. The number of ether oxygens (including phenoxy) is 1. The van der Waals surface area contributed by atoms with Crippen molar-refractivity contribution in [2.75, 3.05) is 24.0 Å². The Morgan fingerprint density at radius 3 is 2.71 bits per heavy atom. The Morgan fingerprint density at radius 2 is 2.00 bits per heavy atom. The van der Waals surface area contributed by atoms with Gasteiger partial charge in [-0.05, 0) is 62.1 Å². The number of carbonyl (C=O) groups is 1. The topological polar surface area (TPSA) is 75.7 Å². The summed E-state index contributed by atoms with van der Waals surface area (Å²) < 4.78 is 33.0. The predicted molar refractivity (Wildman–Crippen MR) is 107 cm³/mol. The van der Waals surface area contributed by atoms with Gasteiger partial charge in [-0.3, -0.25) is 9.10 Å². The Hall–Kier alpha value is -2.38. The fraction of sp³-hybridized carbons (Fsp3) is 0.381. The summed E-state index contributed by atoms with van der Waals surface area (Å²) in [6.07, 6.45) is 2.68. The van der Waals surface area contributed by atoms with Crippen molar-refractivity contribution in [3.8, 4) is 0 Å². The maximum Gasteiger partial charge on any atom is 0.264 e. The molecule has 0 saturated carbocycles. The standard InChI is InChI=1S/C21H24N2O4S/c1-15-4-7-19(8-5-15)28(25,26)23-11-10-16-13-17(6-9-20(16)23)21(24)22-14-18-3-2-12-27-18/h4-9,13,18H,2-3,10-12,14H2,1H3,(H,22,24)/t18-/m1/s1. The lowest BCUT2D eigenvalue weighted by molar-refractivity contribution is 0.0857. The average Bonchev–Trinajstić information content (AvgIpc) is 3.35. The van der Waals surface area contributed by atoms with Crippen LogP contribution in [0.15, 0.2) is 47.4 Å². The van der Waals surface area contributed by atoms with Crippen molar-refractivity contribution in [3.05, 3.63) is 59.2 Å². The highest BCUT2D eigenvalue weighted by Gasteiger charge is 2.31. The first-order valence-electron chi connectivity index (χ1n) is 9.57. The minimum atomic E-state index is -3.61. The Labute approximate surface area is 165 Å². The van der Waals surface area contributed by atoms with E-state index in [9.17, 15) is 13.2 Å². The van der Waals surface area contributed by atoms with E-state index in [1.807, 2.05) is 6.92 Å². The van der Waals surface area contributed by atoms with Gasteiger partial charge in [-0.1, -0.05) is 17.7 Å². The molecule has 28 heavy (non-hydrogen) atoms. The van der Waals surface area contributed by atoms with Crippen molar-refractivity contribution in [1.29, 1.82) is 0 Å². The largest absolute Gasteiger partial charge is 0.376 e. The van der Waals surface area contributed by atoms with E-state index < -0.39 is 10.0 Å².